The van der Waals surface area contributed by atoms with Gasteiger partial charge in [0.1, 0.15) is 24.1 Å². The lowest BCUT2D eigenvalue weighted by Gasteiger charge is -2.50. The van der Waals surface area contributed by atoms with Gasteiger partial charge >= 0.3 is 18.2 Å². The van der Waals surface area contributed by atoms with E-state index in [2.05, 4.69) is 0 Å². The third kappa shape index (κ3) is 4.03. The summed E-state index contributed by atoms with van der Waals surface area (Å²) in [6.07, 6.45) is 1.84. The highest BCUT2D eigenvalue weighted by Crippen LogP contribution is 2.56. The molecule has 2 saturated carbocycles. The van der Waals surface area contributed by atoms with E-state index in [9.17, 15) is 23.9 Å². The van der Waals surface area contributed by atoms with E-state index in [1.807, 2.05) is 30.3 Å². The van der Waals surface area contributed by atoms with Crippen LogP contribution in [0.3, 0.4) is 0 Å². The first-order valence-corrected chi connectivity index (χ1v) is 11.9. The third-order valence-electron chi connectivity index (χ3n) is 7.63. The molecule has 0 saturated heterocycles. The highest BCUT2D eigenvalue weighted by Gasteiger charge is 2.61. The number of fused-ring (bicyclic) bond motifs is 2. The Kier molecular flexibility index (Phi) is 5.96. The van der Waals surface area contributed by atoms with Crippen molar-refractivity contribution in [3.8, 4) is 0 Å². The van der Waals surface area contributed by atoms with Crippen LogP contribution in [0.4, 0.5) is 19.7 Å². The standard InChI is InChI=1S/C26H27FN2O6/c27-17-9-12-22-20(13-17)24(28(18-10-11-18)25(32)35-15-23(30)31)19-7-4-8-21(19)29(22,26(33)34)14-16-5-2-1-3-6-16/h1-3,5-6,9,12-13,18-19,21,24H,4,7-8,10-11,14-15H2,(H-,30,31,33,34)/p+1/t19-,21-,24+,29?/m0/s1. The SMILES string of the molecule is O=C(O)COC(=O)N(C1CC1)[C@H]1c2cc(F)ccc2[N+](Cc2ccccc2)(C(=O)O)[C@H]2CCC[C@H]12. The van der Waals surface area contributed by atoms with Crippen LogP contribution in [0, 0.1) is 11.7 Å². The molecule has 0 aromatic heterocycles. The number of ether oxygens (including phenoxy) is 1. The van der Waals surface area contributed by atoms with Crippen molar-refractivity contribution in [2.45, 2.75) is 56.8 Å². The predicted molar refractivity (Wildman–Crippen MR) is 124 cm³/mol. The monoisotopic (exact) mass is 483 g/mol. The minimum atomic E-state index is -1.26. The van der Waals surface area contributed by atoms with E-state index in [0.717, 1.165) is 24.8 Å². The average molecular weight is 484 g/mol. The number of benzene rings is 2. The van der Waals surface area contributed by atoms with Gasteiger partial charge in [0, 0.05) is 35.6 Å². The molecule has 8 nitrogen and oxygen atoms in total. The Morgan fingerprint density at radius 1 is 1.03 bits per heavy atom. The number of rotatable bonds is 6. The highest BCUT2D eigenvalue weighted by atomic mass is 19.1. The fourth-order valence-corrected chi connectivity index (χ4v) is 6.20. The molecule has 4 atom stereocenters. The molecule has 184 valence electrons. The van der Waals surface area contributed by atoms with Crippen LogP contribution in [0.25, 0.3) is 0 Å². The molecule has 9 heteroatoms. The third-order valence-corrected chi connectivity index (χ3v) is 7.63. The minimum absolute atomic E-state index is 0.141. The minimum Gasteiger partial charge on any atom is -0.479 e. The lowest BCUT2D eigenvalue weighted by Crippen LogP contribution is -2.65. The van der Waals surface area contributed by atoms with Gasteiger partial charge in [-0.2, -0.15) is 9.28 Å². The number of hydrogen-bond donors (Lipinski definition) is 2. The van der Waals surface area contributed by atoms with Gasteiger partial charge in [0.25, 0.3) is 0 Å². The van der Waals surface area contributed by atoms with Gasteiger partial charge in [-0.1, -0.05) is 30.3 Å². The Labute approximate surface area is 202 Å². The maximum Gasteiger partial charge on any atom is 0.519 e. The Morgan fingerprint density at radius 3 is 2.43 bits per heavy atom. The highest BCUT2D eigenvalue weighted by molar-refractivity contribution is 5.84. The number of nitrogens with zero attached hydrogens (tertiary/aromatic N) is 2. The van der Waals surface area contributed by atoms with Crippen molar-refractivity contribution in [2.75, 3.05) is 6.61 Å². The molecule has 3 aliphatic rings. The fraction of sp³-hybridized carbons (Fsp3) is 0.423. The summed E-state index contributed by atoms with van der Waals surface area (Å²) in [6.45, 7) is -0.558. The molecule has 2 aromatic rings. The van der Waals surface area contributed by atoms with Crippen LogP contribution in [0.5, 0.6) is 0 Å². The van der Waals surface area contributed by atoms with E-state index in [1.165, 1.54) is 18.2 Å². The molecule has 2 N–H and O–H groups in total. The zero-order chi connectivity index (χ0) is 24.7. The molecule has 1 unspecified atom stereocenters. The van der Waals surface area contributed by atoms with Gasteiger partial charge in [-0.3, -0.25) is 4.90 Å². The van der Waals surface area contributed by atoms with E-state index < -0.39 is 36.6 Å². The smallest absolute Gasteiger partial charge is 0.479 e. The molecule has 0 radical (unpaired) electrons. The van der Waals surface area contributed by atoms with Gasteiger partial charge in [0.05, 0.1) is 6.04 Å². The Morgan fingerprint density at radius 2 is 1.77 bits per heavy atom. The number of aliphatic carboxylic acids is 1. The largest absolute Gasteiger partial charge is 0.519 e. The molecule has 1 heterocycles. The van der Waals surface area contributed by atoms with Gasteiger partial charge in [-0.05, 0) is 37.8 Å². The summed E-state index contributed by atoms with van der Waals surface area (Å²) in [7, 11) is 0. The van der Waals surface area contributed by atoms with E-state index in [4.69, 9.17) is 9.84 Å². The molecule has 2 aliphatic carbocycles. The second kappa shape index (κ2) is 8.96. The molecular formula is C26H28FN2O6+. The molecule has 35 heavy (non-hydrogen) atoms. The number of halogens is 1. The second-order valence-electron chi connectivity index (χ2n) is 9.69. The van der Waals surface area contributed by atoms with Crippen molar-refractivity contribution in [1.29, 1.82) is 0 Å². The van der Waals surface area contributed by atoms with Crippen LogP contribution in [0.2, 0.25) is 0 Å². The quantitative estimate of drug-likeness (QED) is 0.565. The van der Waals surface area contributed by atoms with Crippen LogP contribution >= 0.6 is 0 Å². The van der Waals surface area contributed by atoms with Crippen LogP contribution in [0.15, 0.2) is 48.5 Å². The summed E-state index contributed by atoms with van der Waals surface area (Å²) in [5.41, 5.74) is 1.78. The molecular weight excluding hydrogens is 455 g/mol. The lowest BCUT2D eigenvalue weighted by molar-refractivity contribution is -0.140. The van der Waals surface area contributed by atoms with Crippen LogP contribution in [-0.2, 0) is 16.1 Å². The van der Waals surface area contributed by atoms with Crippen molar-refractivity contribution in [2.24, 2.45) is 5.92 Å². The van der Waals surface area contributed by atoms with Crippen molar-refractivity contribution in [1.82, 2.24) is 9.38 Å². The number of carbonyl (C=O) groups is 3. The Bertz CT molecular complexity index is 1150. The predicted octanol–water partition coefficient (Wildman–Crippen LogP) is 4.92. The topological polar surface area (TPSA) is 104 Å². The number of amides is 2. The summed E-state index contributed by atoms with van der Waals surface area (Å²) < 4.78 is 19.4. The molecule has 0 bridgehead atoms. The van der Waals surface area contributed by atoms with Gasteiger partial charge in [0.2, 0.25) is 0 Å². The number of carboxylic acids is 1. The number of carbonyl (C=O) groups excluding carboxylic acids is 1. The summed E-state index contributed by atoms with van der Waals surface area (Å²) in [4.78, 5) is 38.8. The van der Waals surface area contributed by atoms with E-state index in [-0.39, 0.29) is 29.0 Å². The van der Waals surface area contributed by atoms with E-state index in [0.29, 0.717) is 24.1 Å². The molecule has 2 fully saturated rings. The van der Waals surface area contributed by atoms with Gasteiger partial charge < -0.3 is 14.9 Å². The van der Waals surface area contributed by atoms with E-state index in [1.54, 1.807) is 4.90 Å². The molecule has 1 aliphatic heterocycles. The van der Waals surface area contributed by atoms with Crippen molar-refractivity contribution in [3.05, 3.63) is 65.5 Å². The zero-order valence-corrected chi connectivity index (χ0v) is 19.2. The summed E-state index contributed by atoms with van der Waals surface area (Å²) in [5, 5.41) is 19.7. The second-order valence-corrected chi connectivity index (χ2v) is 9.69. The number of carboxylic acid groups (broad SMARTS) is 2. The molecule has 2 amide bonds. The summed E-state index contributed by atoms with van der Waals surface area (Å²) in [5.74, 6) is -2.00. The first-order chi connectivity index (χ1) is 16.8. The maximum absolute atomic E-state index is 14.7. The van der Waals surface area contributed by atoms with Gasteiger partial charge in [-0.15, -0.1) is 0 Å². The fourth-order valence-electron chi connectivity index (χ4n) is 6.20. The van der Waals surface area contributed by atoms with Crippen LogP contribution < -0.4 is 4.48 Å². The lowest BCUT2D eigenvalue weighted by atomic mass is 9.79. The van der Waals surface area contributed by atoms with Crippen molar-refractivity contribution < 1.29 is 33.7 Å². The Balaban J connectivity index is 1.66. The summed E-state index contributed by atoms with van der Waals surface area (Å²) in [6, 6.07) is 12.5. The van der Waals surface area contributed by atoms with Crippen molar-refractivity contribution in [3.63, 3.8) is 0 Å². The molecule has 5 rings (SSSR count). The Hall–Kier alpha value is -3.46. The first kappa shape index (κ1) is 23.3. The normalized spacial score (nSPS) is 26.9. The zero-order valence-electron chi connectivity index (χ0n) is 19.2. The number of hydrogen-bond acceptors (Lipinski definition) is 4. The average Bonchev–Trinajstić information content (AvgIpc) is 3.54. The van der Waals surface area contributed by atoms with Crippen LogP contribution in [-0.4, -0.2) is 52.0 Å². The van der Waals surface area contributed by atoms with Crippen LogP contribution in [0.1, 0.15) is 49.3 Å². The first-order valence-electron chi connectivity index (χ1n) is 11.9. The van der Waals surface area contributed by atoms with E-state index >= 15 is 0 Å². The van der Waals surface area contributed by atoms with Gasteiger partial charge in [-0.25, -0.2) is 14.0 Å². The molecule has 0 spiro atoms. The molecule has 2 aromatic carbocycles. The maximum atomic E-state index is 14.7. The summed E-state index contributed by atoms with van der Waals surface area (Å²) >= 11 is 0. The van der Waals surface area contributed by atoms with Crippen molar-refractivity contribution >= 4 is 23.8 Å². The number of quaternary nitrogens is 1. The van der Waals surface area contributed by atoms with Gasteiger partial charge in [0.15, 0.2) is 6.61 Å².